The summed E-state index contributed by atoms with van der Waals surface area (Å²) >= 11 is 0. The number of rotatable bonds is 3. The molecule has 1 atom stereocenters. The second-order valence-corrected chi connectivity index (χ2v) is 4.15. The molecular formula is C12H15N3O3. The molecule has 1 heterocycles. The highest BCUT2D eigenvalue weighted by molar-refractivity contribution is 5.96. The van der Waals surface area contributed by atoms with Gasteiger partial charge < -0.3 is 21.1 Å². The predicted molar refractivity (Wildman–Crippen MR) is 67.2 cm³/mol. The molecule has 0 spiro atoms. The largest absolute Gasteiger partial charge is 0.465 e. The van der Waals surface area contributed by atoms with Gasteiger partial charge in [0.25, 0.3) is 0 Å². The van der Waals surface area contributed by atoms with E-state index < -0.39 is 5.97 Å². The van der Waals surface area contributed by atoms with Gasteiger partial charge in [0.2, 0.25) is 5.91 Å². The summed E-state index contributed by atoms with van der Waals surface area (Å²) in [6.07, 6.45) is 0.394. The number of benzene rings is 1. The van der Waals surface area contributed by atoms with Crippen LogP contribution >= 0.6 is 0 Å². The van der Waals surface area contributed by atoms with E-state index in [1.165, 1.54) is 7.11 Å². The first-order valence-electron chi connectivity index (χ1n) is 5.61. The Morgan fingerprint density at radius 2 is 2.33 bits per heavy atom. The summed E-state index contributed by atoms with van der Waals surface area (Å²) in [5, 5.41) is 5.86. The van der Waals surface area contributed by atoms with E-state index in [4.69, 9.17) is 10.5 Å². The van der Waals surface area contributed by atoms with Crippen LogP contribution in [0.25, 0.3) is 0 Å². The summed E-state index contributed by atoms with van der Waals surface area (Å²) in [5.74, 6) is -0.454. The van der Waals surface area contributed by atoms with E-state index in [2.05, 4.69) is 10.6 Å². The van der Waals surface area contributed by atoms with Crippen molar-refractivity contribution in [1.82, 2.24) is 5.32 Å². The summed E-state index contributed by atoms with van der Waals surface area (Å²) in [4.78, 5) is 22.7. The fourth-order valence-electron chi connectivity index (χ4n) is 1.89. The molecule has 0 aromatic heterocycles. The van der Waals surface area contributed by atoms with Crippen molar-refractivity contribution in [2.75, 3.05) is 24.7 Å². The molecule has 2 rings (SSSR count). The summed E-state index contributed by atoms with van der Waals surface area (Å²) in [5.41, 5.74) is 7.13. The lowest BCUT2D eigenvalue weighted by atomic mass is 10.1. The maximum Gasteiger partial charge on any atom is 0.340 e. The van der Waals surface area contributed by atoms with Crippen LogP contribution in [0.2, 0.25) is 0 Å². The lowest BCUT2D eigenvalue weighted by Gasteiger charge is -2.15. The van der Waals surface area contributed by atoms with E-state index in [1.54, 1.807) is 18.2 Å². The number of hydrogen-bond donors (Lipinski definition) is 3. The number of nitrogens with two attached hydrogens (primary N) is 1. The van der Waals surface area contributed by atoms with Gasteiger partial charge in [-0.25, -0.2) is 4.79 Å². The van der Waals surface area contributed by atoms with Crippen molar-refractivity contribution < 1.29 is 14.3 Å². The van der Waals surface area contributed by atoms with Gasteiger partial charge in [0, 0.05) is 24.3 Å². The van der Waals surface area contributed by atoms with Crippen LogP contribution in [0.5, 0.6) is 0 Å². The van der Waals surface area contributed by atoms with Crippen molar-refractivity contribution in [3.8, 4) is 0 Å². The van der Waals surface area contributed by atoms with Gasteiger partial charge in [0.1, 0.15) is 0 Å². The number of nitrogen functional groups attached to an aromatic ring is 1. The zero-order valence-corrected chi connectivity index (χ0v) is 10.0. The molecule has 6 nitrogen and oxygen atoms in total. The van der Waals surface area contributed by atoms with Crippen LogP contribution in [0, 0.1) is 0 Å². The van der Waals surface area contributed by atoms with Crippen LogP contribution in [0.15, 0.2) is 18.2 Å². The number of methoxy groups -OCH3 is 1. The predicted octanol–water partition coefficient (Wildman–Crippen LogP) is 0.356. The summed E-state index contributed by atoms with van der Waals surface area (Å²) in [7, 11) is 1.32. The average Bonchev–Trinajstić information content (AvgIpc) is 2.76. The Labute approximate surface area is 104 Å². The number of carbonyl (C=O) groups excluding carboxylic acids is 2. The van der Waals surface area contributed by atoms with E-state index in [1.807, 2.05) is 0 Å². The molecule has 0 bridgehead atoms. The first-order valence-corrected chi connectivity index (χ1v) is 5.61. The number of hydrogen-bond acceptors (Lipinski definition) is 5. The monoisotopic (exact) mass is 249 g/mol. The third kappa shape index (κ3) is 2.53. The minimum atomic E-state index is -0.456. The Bertz CT molecular complexity index is 487. The van der Waals surface area contributed by atoms with Crippen molar-refractivity contribution in [2.45, 2.75) is 12.5 Å². The Morgan fingerprint density at radius 1 is 1.56 bits per heavy atom. The molecular weight excluding hydrogens is 234 g/mol. The molecule has 1 unspecified atom stereocenters. The van der Waals surface area contributed by atoms with Crippen LogP contribution < -0.4 is 16.4 Å². The molecule has 96 valence electrons. The van der Waals surface area contributed by atoms with Gasteiger partial charge >= 0.3 is 5.97 Å². The van der Waals surface area contributed by atoms with Crippen molar-refractivity contribution in [3.05, 3.63) is 23.8 Å². The molecule has 1 aromatic carbocycles. The normalized spacial score (nSPS) is 18.3. The maximum atomic E-state index is 11.6. The maximum absolute atomic E-state index is 11.6. The number of esters is 1. The molecule has 0 radical (unpaired) electrons. The smallest absolute Gasteiger partial charge is 0.340 e. The van der Waals surface area contributed by atoms with Crippen LogP contribution in [0.4, 0.5) is 11.4 Å². The lowest BCUT2D eigenvalue weighted by Crippen LogP contribution is -2.23. The van der Waals surface area contributed by atoms with Gasteiger partial charge in [-0.05, 0) is 18.2 Å². The summed E-state index contributed by atoms with van der Waals surface area (Å²) < 4.78 is 4.70. The summed E-state index contributed by atoms with van der Waals surface area (Å²) in [6, 6.07) is 4.94. The molecule has 1 fully saturated rings. The quantitative estimate of drug-likeness (QED) is 0.531. The van der Waals surface area contributed by atoms with Crippen LogP contribution in [-0.2, 0) is 9.53 Å². The van der Waals surface area contributed by atoms with Crippen molar-refractivity contribution >= 4 is 23.3 Å². The van der Waals surface area contributed by atoms with E-state index in [-0.39, 0.29) is 11.9 Å². The second-order valence-electron chi connectivity index (χ2n) is 4.15. The van der Waals surface area contributed by atoms with Gasteiger partial charge in [0.05, 0.1) is 18.7 Å². The number of anilines is 2. The molecule has 1 aliphatic rings. The topological polar surface area (TPSA) is 93.4 Å². The van der Waals surface area contributed by atoms with Crippen LogP contribution in [-0.4, -0.2) is 31.6 Å². The van der Waals surface area contributed by atoms with Gasteiger partial charge in [-0.15, -0.1) is 0 Å². The Balaban J connectivity index is 2.21. The SMILES string of the molecule is COC(=O)c1cc(N)ccc1NC1CNC(=O)C1. The molecule has 4 N–H and O–H groups in total. The molecule has 1 amide bonds. The zero-order chi connectivity index (χ0) is 13.1. The minimum absolute atomic E-state index is 0.00237. The highest BCUT2D eigenvalue weighted by Gasteiger charge is 2.23. The first-order chi connectivity index (χ1) is 8.60. The molecule has 0 aliphatic carbocycles. The first kappa shape index (κ1) is 12.2. The molecule has 0 saturated carbocycles. The van der Waals surface area contributed by atoms with Crippen molar-refractivity contribution in [1.29, 1.82) is 0 Å². The Hall–Kier alpha value is -2.24. The van der Waals surface area contributed by atoms with E-state index in [0.29, 0.717) is 29.9 Å². The fourth-order valence-corrected chi connectivity index (χ4v) is 1.89. The third-order valence-corrected chi connectivity index (χ3v) is 2.79. The standard InChI is InChI=1S/C12H15N3O3/c1-18-12(17)9-4-7(13)2-3-10(9)15-8-5-11(16)14-6-8/h2-4,8,15H,5-6,13H2,1H3,(H,14,16). The van der Waals surface area contributed by atoms with Crippen LogP contribution in [0.1, 0.15) is 16.8 Å². The third-order valence-electron chi connectivity index (χ3n) is 2.79. The van der Waals surface area contributed by atoms with E-state index >= 15 is 0 Å². The van der Waals surface area contributed by atoms with Gasteiger partial charge in [0.15, 0.2) is 0 Å². The van der Waals surface area contributed by atoms with Crippen molar-refractivity contribution in [3.63, 3.8) is 0 Å². The van der Waals surface area contributed by atoms with Gasteiger partial charge in [-0.3, -0.25) is 4.79 Å². The zero-order valence-electron chi connectivity index (χ0n) is 10.0. The number of nitrogens with one attached hydrogen (secondary N) is 2. The molecule has 18 heavy (non-hydrogen) atoms. The van der Waals surface area contributed by atoms with Crippen molar-refractivity contribution in [2.24, 2.45) is 0 Å². The van der Waals surface area contributed by atoms with Crippen LogP contribution in [0.3, 0.4) is 0 Å². The minimum Gasteiger partial charge on any atom is -0.465 e. The molecule has 6 heteroatoms. The lowest BCUT2D eigenvalue weighted by molar-refractivity contribution is -0.119. The fraction of sp³-hybridized carbons (Fsp3) is 0.333. The number of ether oxygens (including phenoxy) is 1. The summed E-state index contributed by atoms with van der Waals surface area (Å²) in [6.45, 7) is 0.545. The van der Waals surface area contributed by atoms with Gasteiger partial charge in [-0.1, -0.05) is 0 Å². The Kier molecular flexibility index (Phi) is 3.36. The molecule has 1 aromatic rings. The Morgan fingerprint density at radius 3 is 2.94 bits per heavy atom. The number of carbonyl (C=O) groups is 2. The molecule has 1 aliphatic heterocycles. The number of amides is 1. The average molecular weight is 249 g/mol. The highest BCUT2D eigenvalue weighted by atomic mass is 16.5. The van der Waals surface area contributed by atoms with E-state index in [9.17, 15) is 9.59 Å². The molecule has 1 saturated heterocycles. The van der Waals surface area contributed by atoms with Gasteiger partial charge in [-0.2, -0.15) is 0 Å². The highest BCUT2D eigenvalue weighted by Crippen LogP contribution is 2.21. The van der Waals surface area contributed by atoms with E-state index in [0.717, 1.165) is 0 Å². The second kappa shape index (κ2) is 4.95.